The standard InChI is InChI=1S/C22H28N2O3/c1-16(2)23-8-10-24(11-9-23)22(25)18-7-5-6-17(12-18)19-13-20(26-3)15-21(14-19)27-4/h5-7,12-16H,8-11H2,1-4H3. The van der Waals surface area contributed by atoms with Gasteiger partial charge in [0.25, 0.3) is 5.91 Å². The molecule has 0 aromatic heterocycles. The minimum Gasteiger partial charge on any atom is -0.497 e. The normalized spacial score (nSPS) is 15.1. The fourth-order valence-corrected chi connectivity index (χ4v) is 3.43. The van der Waals surface area contributed by atoms with Gasteiger partial charge in [-0.2, -0.15) is 0 Å². The Balaban J connectivity index is 1.81. The summed E-state index contributed by atoms with van der Waals surface area (Å²) >= 11 is 0. The number of carbonyl (C=O) groups is 1. The van der Waals surface area contributed by atoms with Gasteiger partial charge in [-0.1, -0.05) is 12.1 Å². The Kier molecular flexibility index (Phi) is 6.01. The molecule has 0 atom stereocenters. The number of carbonyl (C=O) groups excluding carboxylic acids is 1. The van der Waals surface area contributed by atoms with Crippen molar-refractivity contribution in [2.45, 2.75) is 19.9 Å². The number of nitrogens with zero attached hydrogens (tertiary/aromatic N) is 2. The van der Waals surface area contributed by atoms with E-state index in [2.05, 4.69) is 18.7 Å². The van der Waals surface area contributed by atoms with E-state index in [-0.39, 0.29) is 5.91 Å². The van der Waals surface area contributed by atoms with Gasteiger partial charge in [-0.15, -0.1) is 0 Å². The molecule has 1 aliphatic rings. The zero-order valence-corrected chi connectivity index (χ0v) is 16.6. The predicted molar refractivity (Wildman–Crippen MR) is 108 cm³/mol. The van der Waals surface area contributed by atoms with Crippen molar-refractivity contribution in [1.29, 1.82) is 0 Å². The molecule has 144 valence electrons. The monoisotopic (exact) mass is 368 g/mol. The van der Waals surface area contributed by atoms with E-state index in [9.17, 15) is 4.79 Å². The molecule has 1 amide bonds. The molecule has 5 heteroatoms. The van der Waals surface area contributed by atoms with Crippen LogP contribution in [0.2, 0.25) is 0 Å². The van der Waals surface area contributed by atoms with Crippen LogP contribution in [0.15, 0.2) is 42.5 Å². The number of hydrogen-bond donors (Lipinski definition) is 0. The average molecular weight is 368 g/mol. The number of rotatable bonds is 5. The largest absolute Gasteiger partial charge is 0.497 e. The van der Waals surface area contributed by atoms with Crippen LogP contribution in [-0.4, -0.2) is 62.1 Å². The first-order chi connectivity index (χ1) is 13.0. The summed E-state index contributed by atoms with van der Waals surface area (Å²) in [5.41, 5.74) is 2.65. The Labute approximate surface area is 161 Å². The van der Waals surface area contributed by atoms with Gasteiger partial charge in [-0.05, 0) is 49.2 Å². The molecule has 0 radical (unpaired) electrons. The molecule has 2 aromatic rings. The third-order valence-corrected chi connectivity index (χ3v) is 5.13. The van der Waals surface area contributed by atoms with Crippen LogP contribution in [0.3, 0.4) is 0 Å². The molecule has 5 nitrogen and oxygen atoms in total. The molecule has 0 bridgehead atoms. The zero-order valence-electron chi connectivity index (χ0n) is 16.6. The Morgan fingerprint density at radius 2 is 1.52 bits per heavy atom. The molecular weight excluding hydrogens is 340 g/mol. The second kappa shape index (κ2) is 8.44. The van der Waals surface area contributed by atoms with E-state index in [4.69, 9.17) is 9.47 Å². The molecule has 1 heterocycles. The second-order valence-corrected chi connectivity index (χ2v) is 7.10. The van der Waals surface area contributed by atoms with Crippen LogP contribution in [0.4, 0.5) is 0 Å². The molecule has 1 saturated heterocycles. The van der Waals surface area contributed by atoms with E-state index >= 15 is 0 Å². The Bertz CT molecular complexity index is 774. The summed E-state index contributed by atoms with van der Waals surface area (Å²) in [4.78, 5) is 17.3. The quantitative estimate of drug-likeness (QED) is 0.810. The molecule has 0 unspecified atom stereocenters. The number of ether oxygens (including phenoxy) is 2. The van der Waals surface area contributed by atoms with Crippen molar-refractivity contribution in [1.82, 2.24) is 9.80 Å². The van der Waals surface area contributed by atoms with Crippen LogP contribution in [0, 0.1) is 0 Å². The van der Waals surface area contributed by atoms with Gasteiger partial charge in [-0.25, -0.2) is 0 Å². The first-order valence-corrected chi connectivity index (χ1v) is 9.38. The first kappa shape index (κ1) is 19.2. The summed E-state index contributed by atoms with van der Waals surface area (Å²) in [5.74, 6) is 1.55. The van der Waals surface area contributed by atoms with Gasteiger partial charge < -0.3 is 14.4 Å². The molecule has 3 rings (SSSR count). The molecule has 27 heavy (non-hydrogen) atoms. The number of piperazine rings is 1. The van der Waals surface area contributed by atoms with Crippen LogP contribution in [-0.2, 0) is 0 Å². The lowest BCUT2D eigenvalue weighted by Crippen LogP contribution is -2.50. The minimum atomic E-state index is 0.0927. The van der Waals surface area contributed by atoms with E-state index in [1.54, 1.807) is 14.2 Å². The molecule has 0 spiro atoms. The fourth-order valence-electron chi connectivity index (χ4n) is 3.43. The fraction of sp³-hybridized carbons (Fsp3) is 0.409. The molecule has 0 N–H and O–H groups in total. The van der Waals surface area contributed by atoms with Crippen molar-refractivity contribution in [3.8, 4) is 22.6 Å². The maximum atomic E-state index is 13.0. The van der Waals surface area contributed by atoms with Gasteiger partial charge in [0.2, 0.25) is 0 Å². The Morgan fingerprint density at radius 1 is 0.889 bits per heavy atom. The van der Waals surface area contributed by atoms with Crippen LogP contribution in [0.5, 0.6) is 11.5 Å². The summed E-state index contributed by atoms with van der Waals surface area (Å²) in [7, 11) is 3.27. The van der Waals surface area contributed by atoms with E-state index in [1.807, 2.05) is 47.4 Å². The van der Waals surface area contributed by atoms with Crippen molar-refractivity contribution in [3.63, 3.8) is 0 Å². The highest BCUT2D eigenvalue weighted by atomic mass is 16.5. The van der Waals surface area contributed by atoms with Crippen LogP contribution in [0.25, 0.3) is 11.1 Å². The Morgan fingerprint density at radius 3 is 2.07 bits per heavy atom. The van der Waals surface area contributed by atoms with Gasteiger partial charge in [0, 0.05) is 43.9 Å². The molecule has 1 aliphatic heterocycles. The lowest BCUT2D eigenvalue weighted by molar-refractivity contribution is 0.0595. The van der Waals surface area contributed by atoms with Crippen molar-refractivity contribution in [2.24, 2.45) is 0 Å². The van der Waals surface area contributed by atoms with E-state index < -0.39 is 0 Å². The average Bonchev–Trinajstić information content (AvgIpc) is 2.72. The SMILES string of the molecule is COc1cc(OC)cc(-c2cccc(C(=O)N3CCN(C(C)C)CC3)c2)c1. The first-order valence-electron chi connectivity index (χ1n) is 9.38. The maximum Gasteiger partial charge on any atom is 0.253 e. The summed E-state index contributed by atoms with van der Waals surface area (Å²) in [6.07, 6.45) is 0. The third-order valence-electron chi connectivity index (χ3n) is 5.13. The van der Waals surface area contributed by atoms with Gasteiger partial charge >= 0.3 is 0 Å². The molecule has 1 fully saturated rings. The van der Waals surface area contributed by atoms with Crippen molar-refractivity contribution in [2.75, 3.05) is 40.4 Å². The number of hydrogen-bond acceptors (Lipinski definition) is 4. The highest BCUT2D eigenvalue weighted by Gasteiger charge is 2.23. The molecule has 0 aliphatic carbocycles. The van der Waals surface area contributed by atoms with Gasteiger partial charge in [0.1, 0.15) is 11.5 Å². The number of benzene rings is 2. The molecular formula is C22H28N2O3. The highest BCUT2D eigenvalue weighted by Crippen LogP contribution is 2.30. The van der Waals surface area contributed by atoms with Crippen molar-refractivity contribution < 1.29 is 14.3 Å². The van der Waals surface area contributed by atoms with Crippen LogP contribution < -0.4 is 9.47 Å². The lowest BCUT2D eigenvalue weighted by Gasteiger charge is -2.37. The predicted octanol–water partition coefficient (Wildman–Crippen LogP) is 3.54. The summed E-state index contributed by atoms with van der Waals surface area (Å²) in [6.45, 7) is 7.79. The third kappa shape index (κ3) is 4.42. The summed E-state index contributed by atoms with van der Waals surface area (Å²) in [6, 6.07) is 14.0. The Hall–Kier alpha value is -2.53. The number of methoxy groups -OCH3 is 2. The minimum absolute atomic E-state index is 0.0927. The van der Waals surface area contributed by atoms with Crippen molar-refractivity contribution in [3.05, 3.63) is 48.0 Å². The summed E-state index contributed by atoms with van der Waals surface area (Å²) in [5, 5.41) is 0. The number of amides is 1. The van der Waals surface area contributed by atoms with E-state index in [1.165, 1.54) is 0 Å². The summed E-state index contributed by atoms with van der Waals surface area (Å²) < 4.78 is 10.7. The smallest absolute Gasteiger partial charge is 0.253 e. The van der Waals surface area contributed by atoms with Crippen molar-refractivity contribution >= 4 is 5.91 Å². The van der Waals surface area contributed by atoms with Gasteiger partial charge in [-0.3, -0.25) is 9.69 Å². The lowest BCUT2D eigenvalue weighted by atomic mass is 10.0. The maximum absolute atomic E-state index is 13.0. The van der Waals surface area contributed by atoms with Crippen LogP contribution >= 0.6 is 0 Å². The van der Waals surface area contributed by atoms with E-state index in [0.29, 0.717) is 11.6 Å². The van der Waals surface area contributed by atoms with Gasteiger partial charge in [0.05, 0.1) is 14.2 Å². The van der Waals surface area contributed by atoms with Gasteiger partial charge in [0.15, 0.2) is 0 Å². The molecule has 2 aromatic carbocycles. The highest BCUT2D eigenvalue weighted by molar-refractivity contribution is 5.95. The zero-order chi connectivity index (χ0) is 19.4. The molecule has 0 saturated carbocycles. The second-order valence-electron chi connectivity index (χ2n) is 7.10. The topological polar surface area (TPSA) is 42.0 Å². The van der Waals surface area contributed by atoms with Crippen LogP contribution in [0.1, 0.15) is 24.2 Å². The van der Waals surface area contributed by atoms with E-state index in [0.717, 1.165) is 48.8 Å².